The van der Waals surface area contributed by atoms with E-state index in [1.807, 2.05) is 41.2 Å². The molecule has 2 aromatic carbocycles. The van der Waals surface area contributed by atoms with Gasteiger partial charge in [0.15, 0.2) is 4.80 Å². The van der Waals surface area contributed by atoms with Crippen LogP contribution in [0.5, 0.6) is 0 Å². The summed E-state index contributed by atoms with van der Waals surface area (Å²) in [7, 11) is 0. The van der Waals surface area contributed by atoms with E-state index in [2.05, 4.69) is 4.99 Å². The van der Waals surface area contributed by atoms with Crippen molar-refractivity contribution in [2.75, 3.05) is 17.8 Å². The molecular formula is C19H19FN2OS3. The molecule has 1 aromatic heterocycles. The largest absolute Gasteiger partial charge is 0.316 e. The predicted molar refractivity (Wildman–Crippen MR) is 111 cm³/mol. The molecule has 7 heteroatoms. The Morgan fingerprint density at radius 1 is 1.19 bits per heavy atom. The van der Waals surface area contributed by atoms with E-state index in [4.69, 9.17) is 0 Å². The smallest absolute Gasteiger partial charge is 0.249 e. The number of hydrogen-bond donors (Lipinski definition) is 0. The van der Waals surface area contributed by atoms with Gasteiger partial charge in [-0.2, -0.15) is 16.8 Å². The summed E-state index contributed by atoms with van der Waals surface area (Å²) >= 11 is 4.74. The van der Waals surface area contributed by atoms with Crippen LogP contribution >= 0.6 is 34.9 Å². The molecule has 136 valence electrons. The fourth-order valence-electron chi connectivity index (χ4n) is 2.47. The van der Waals surface area contributed by atoms with Gasteiger partial charge in [0.05, 0.1) is 10.2 Å². The van der Waals surface area contributed by atoms with Gasteiger partial charge in [0.25, 0.3) is 0 Å². The average Bonchev–Trinajstić information content (AvgIpc) is 2.96. The highest BCUT2D eigenvalue weighted by Gasteiger charge is 2.09. The van der Waals surface area contributed by atoms with Gasteiger partial charge in [-0.3, -0.25) is 4.79 Å². The third-order valence-electron chi connectivity index (χ3n) is 3.71. The topological polar surface area (TPSA) is 34.4 Å². The first-order valence-electron chi connectivity index (χ1n) is 8.20. The molecule has 0 fully saturated rings. The van der Waals surface area contributed by atoms with Crippen LogP contribution in [0.15, 0.2) is 58.4 Å². The van der Waals surface area contributed by atoms with Gasteiger partial charge in [-0.05, 0) is 36.6 Å². The molecule has 0 atom stereocenters. The molecule has 0 aliphatic carbocycles. The van der Waals surface area contributed by atoms with E-state index in [1.54, 1.807) is 29.6 Å². The van der Waals surface area contributed by atoms with Crippen LogP contribution in [0.2, 0.25) is 0 Å². The third-order valence-corrected chi connectivity index (χ3v) is 6.36. The summed E-state index contributed by atoms with van der Waals surface area (Å²) in [5.41, 5.74) is 0.927. The summed E-state index contributed by atoms with van der Waals surface area (Å²) in [6, 6.07) is 14.7. The molecule has 0 N–H and O–H groups in total. The van der Waals surface area contributed by atoms with Crippen molar-refractivity contribution in [3.05, 3.63) is 59.1 Å². The first-order valence-corrected chi connectivity index (χ1v) is 11.4. The number of thioether (sulfide) groups is 2. The highest BCUT2D eigenvalue weighted by atomic mass is 32.2. The van der Waals surface area contributed by atoms with Crippen LogP contribution in [-0.4, -0.2) is 28.2 Å². The standard InChI is InChI=1S/C19H19FN2OS3/c1-24-12-10-22-16-8-7-14(20)13-17(16)26-19(22)21-18(23)9-11-25-15-5-3-2-4-6-15/h2-8,13H,9-12H2,1H3. The van der Waals surface area contributed by atoms with Crippen LogP contribution in [0.4, 0.5) is 4.39 Å². The Morgan fingerprint density at radius 2 is 2.00 bits per heavy atom. The van der Waals surface area contributed by atoms with Crippen molar-refractivity contribution in [1.29, 1.82) is 0 Å². The van der Waals surface area contributed by atoms with E-state index in [0.29, 0.717) is 17.0 Å². The van der Waals surface area contributed by atoms with Crippen LogP contribution < -0.4 is 4.80 Å². The Morgan fingerprint density at radius 3 is 2.77 bits per heavy atom. The highest BCUT2D eigenvalue weighted by molar-refractivity contribution is 7.99. The maximum atomic E-state index is 13.5. The molecule has 0 bridgehead atoms. The third kappa shape index (κ3) is 4.99. The summed E-state index contributed by atoms with van der Waals surface area (Å²) in [4.78, 5) is 18.4. The Hall–Kier alpha value is -1.57. The summed E-state index contributed by atoms with van der Waals surface area (Å²) in [6.45, 7) is 0.748. The average molecular weight is 407 g/mol. The van der Waals surface area contributed by atoms with E-state index < -0.39 is 0 Å². The van der Waals surface area contributed by atoms with Gasteiger partial charge in [-0.15, -0.1) is 11.8 Å². The number of amides is 1. The van der Waals surface area contributed by atoms with Crippen molar-refractivity contribution in [3.63, 3.8) is 0 Å². The zero-order valence-corrected chi connectivity index (χ0v) is 16.8. The summed E-state index contributed by atoms with van der Waals surface area (Å²) < 4.78 is 16.3. The van der Waals surface area contributed by atoms with Crippen molar-refractivity contribution in [2.24, 2.45) is 4.99 Å². The number of halogens is 1. The quantitative estimate of drug-likeness (QED) is 0.528. The van der Waals surface area contributed by atoms with Crippen LogP contribution in [0.25, 0.3) is 10.2 Å². The number of rotatable bonds is 7. The number of benzene rings is 2. The van der Waals surface area contributed by atoms with E-state index in [1.165, 1.54) is 23.5 Å². The van der Waals surface area contributed by atoms with Gasteiger partial charge < -0.3 is 4.57 Å². The van der Waals surface area contributed by atoms with Crippen molar-refractivity contribution < 1.29 is 9.18 Å². The summed E-state index contributed by atoms with van der Waals surface area (Å²) in [5.74, 6) is 1.19. The second kappa shape index (κ2) is 9.39. The monoisotopic (exact) mass is 406 g/mol. The number of aromatic nitrogens is 1. The minimum absolute atomic E-state index is 0.140. The van der Waals surface area contributed by atoms with Crippen LogP contribution in [0.1, 0.15) is 6.42 Å². The van der Waals surface area contributed by atoms with Crippen molar-refractivity contribution in [2.45, 2.75) is 17.9 Å². The lowest BCUT2D eigenvalue weighted by molar-refractivity contribution is -0.117. The fraction of sp³-hybridized carbons (Fsp3) is 0.263. The molecule has 1 heterocycles. The van der Waals surface area contributed by atoms with Crippen LogP contribution in [0, 0.1) is 5.82 Å². The summed E-state index contributed by atoms with van der Waals surface area (Å²) in [6.07, 6.45) is 2.42. The Bertz CT molecular complexity index is 950. The molecule has 3 aromatic rings. The van der Waals surface area contributed by atoms with E-state index in [9.17, 15) is 9.18 Å². The van der Waals surface area contributed by atoms with Gasteiger partial charge in [0.1, 0.15) is 5.82 Å². The lowest BCUT2D eigenvalue weighted by atomic mass is 10.3. The number of nitrogens with zero attached hydrogens (tertiary/aromatic N) is 2. The second-order valence-electron chi connectivity index (χ2n) is 5.56. The molecule has 0 unspecified atom stereocenters. The number of hydrogen-bond acceptors (Lipinski definition) is 4. The molecule has 0 saturated heterocycles. The van der Waals surface area contributed by atoms with Crippen LogP contribution in [0.3, 0.4) is 0 Å². The van der Waals surface area contributed by atoms with Crippen molar-refractivity contribution >= 4 is 51.0 Å². The maximum absolute atomic E-state index is 13.5. The fourth-order valence-corrected chi connectivity index (χ4v) is 4.79. The molecule has 0 aliphatic rings. The minimum Gasteiger partial charge on any atom is -0.316 e. The molecule has 26 heavy (non-hydrogen) atoms. The van der Waals surface area contributed by atoms with Crippen molar-refractivity contribution in [1.82, 2.24) is 4.57 Å². The SMILES string of the molecule is CSCCn1c(=NC(=O)CCSc2ccccc2)sc2cc(F)ccc21. The molecule has 0 saturated carbocycles. The highest BCUT2D eigenvalue weighted by Crippen LogP contribution is 2.20. The normalized spacial score (nSPS) is 12.0. The Balaban J connectivity index is 1.77. The van der Waals surface area contributed by atoms with Gasteiger partial charge in [-0.25, -0.2) is 4.39 Å². The zero-order valence-electron chi connectivity index (χ0n) is 14.4. The molecule has 0 radical (unpaired) electrons. The first-order chi connectivity index (χ1) is 12.7. The Labute approximate surface area is 164 Å². The number of aryl methyl sites for hydroxylation is 1. The van der Waals surface area contributed by atoms with Gasteiger partial charge in [-0.1, -0.05) is 29.5 Å². The number of carbonyl (C=O) groups excluding carboxylic acids is 1. The first kappa shape index (κ1) is 19.2. The second-order valence-corrected chi connectivity index (χ2v) is 8.72. The molecule has 3 rings (SSSR count). The Kier molecular flexibility index (Phi) is 6.93. The van der Waals surface area contributed by atoms with E-state index >= 15 is 0 Å². The molecule has 1 amide bonds. The van der Waals surface area contributed by atoms with Crippen molar-refractivity contribution in [3.8, 4) is 0 Å². The number of carbonyl (C=O) groups is 1. The molecule has 3 nitrogen and oxygen atoms in total. The van der Waals surface area contributed by atoms with E-state index in [0.717, 1.165) is 27.4 Å². The zero-order chi connectivity index (χ0) is 18.4. The minimum atomic E-state index is -0.270. The van der Waals surface area contributed by atoms with Gasteiger partial charge in [0.2, 0.25) is 5.91 Å². The maximum Gasteiger partial charge on any atom is 0.249 e. The van der Waals surface area contributed by atoms with E-state index in [-0.39, 0.29) is 11.7 Å². The lowest BCUT2D eigenvalue weighted by Gasteiger charge is -2.03. The number of fused-ring (bicyclic) bond motifs is 1. The molecule has 0 spiro atoms. The molecule has 0 aliphatic heterocycles. The van der Waals surface area contributed by atoms with Gasteiger partial charge in [0, 0.05) is 29.4 Å². The van der Waals surface area contributed by atoms with Crippen LogP contribution in [-0.2, 0) is 11.3 Å². The lowest BCUT2D eigenvalue weighted by Crippen LogP contribution is -2.18. The molecular weight excluding hydrogens is 387 g/mol. The van der Waals surface area contributed by atoms with Gasteiger partial charge >= 0.3 is 0 Å². The number of thiazole rings is 1. The predicted octanol–water partition coefficient (Wildman–Crippen LogP) is 4.81. The summed E-state index contributed by atoms with van der Waals surface area (Å²) in [5, 5.41) is 0.